The zero-order chi connectivity index (χ0) is 18.1. The smallest absolute Gasteiger partial charge is 0.223 e. The molecule has 1 aliphatic heterocycles. The second-order valence-corrected chi connectivity index (χ2v) is 6.98. The predicted molar refractivity (Wildman–Crippen MR) is 97.9 cm³/mol. The summed E-state index contributed by atoms with van der Waals surface area (Å²) in [6.45, 7) is 2.65. The molecule has 9 heteroatoms. The maximum Gasteiger partial charge on any atom is 0.223 e. The molecule has 2 aromatic heterocycles. The molecule has 9 nitrogen and oxygen atoms in total. The lowest BCUT2D eigenvalue weighted by atomic mass is 10.1. The third-order valence-electron chi connectivity index (χ3n) is 5.09. The molecule has 138 valence electrons. The minimum absolute atomic E-state index is 0.155. The Balaban J connectivity index is 1.41. The lowest BCUT2D eigenvalue weighted by molar-refractivity contribution is -0.124. The van der Waals surface area contributed by atoms with E-state index in [1.807, 2.05) is 10.7 Å². The van der Waals surface area contributed by atoms with Crippen LogP contribution in [0.15, 0.2) is 12.1 Å². The van der Waals surface area contributed by atoms with E-state index in [4.69, 9.17) is 11.5 Å². The van der Waals surface area contributed by atoms with Crippen molar-refractivity contribution in [1.82, 2.24) is 25.1 Å². The molecule has 2 aromatic rings. The summed E-state index contributed by atoms with van der Waals surface area (Å²) in [5.41, 5.74) is 13.4. The Morgan fingerprint density at radius 3 is 2.77 bits per heavy atom. The van der Waals surface area contributed by atoms with Crippen LogP contribution in [-0.4, -0.2) is 32.2 Å². The minimum atomic E-state index is 0.155. The average molecular weight is 356 g/mol. The number of fused-ring (bicyclic) bond motifs is 1. The summed E-state index contributed by atoms with van der Waals surface area (Å²) in [4.78, 5) is 22.5. The van der Waals surface area contributed by atoms with Gasteiger partial charge < -0.3 is 21.7 Å². The van der Waals surface area contributed by atoms with Gasteiger partial charge in [-0.05, 0) is 18.9 Å². The van der Waals surface area contributed by atoms with E-state index >= 15 is 0 Å². The predicted octanol–water partition coefficient (Wildman–Crippen LogP) is 0.664. The molecule has 0 bridgehead atoms. The Morgan fingerprint density at radius 2 is 2.00 bits per heavy atom. The number of nitrogen functional groups attached to an aromatic ring is 2. The van der Waals surface area contributed by atoms with Crippen molar-refractivity contribution in [1.29, 1.82) is 0 Å². The summed E-state index contributed by atoms with van der Waals surface area (Å²) in [5, 5.41) is 7.63. The molecule has 1 fully saturated rings. The third-order valence-corrected chi connectivity index (χ3v) is 5.09. The van der Waals surface area contributed by atoms with Crippen molar-refractivity contribution in [2.24, 2.45) is 5.92 Å². The Morgan fingerprint density at radius 1 is 1.19 bits per heavy atom. The molecule has 0 saturated heterocycles. The fourth-order valence-corrected chi connectivity index (χ4v) is 3.75. The van der Waals surface area contributed by atoms with Gasteiger partial charge in [0.05, 0.1) is 31.0 Å². The number of anilines is 3. The van der Waals surface area contributed by atoms with Crippen LogP contribution in [0.5, 0.6) is 0 Å². The molecule has 1 aliphatic carbocycles. The van der Waals surface area contributed by atoms with Gasteiger partial charge in [-0.25, -0.2) is 0 Å². The van der Waals surface area contributed by atoms with Crippen LogP contribution < -0.4 is 21.7 Å². The van der Waals surface area contributed by atoms with Crippen LogP contribution >= 0.6 is 0 Å². The van der Waals surface area contributed by atoms with E-state index in [1.54, 1.807) is 6.07 Å². The summed E-state index contributed by atoms with van der Waals surface area (Å²) in [6, 6.07) is 3.76. The van der Waals surface area contributed by atoms with Gasteiger partial charge in [-0.2, -0.15) is 15.1 Å². The standard InChI is InChI=1S/C17H24N8O/c18-14-8-15(22-17(19)21-14)24-5-6-25-13(10-24)7-12(23-25)9-20-16(26)11-3-1-2-4-11/h7-8,11H,1-6,9-10H2,(H,20,26)(H4,18,19,21,22). The number of nitrogens with zero attached hydrogens (tertiary/aromatic N) is 5. The largest absolute Gasteiger partial charge is 0.383 e. The fourth-order valence-electron chi connectivity index (χ4n) is 3.75. The molecule has 0 aromatic carbocycles. The summed E-state index contributed by atoms with van der Waals surface area (Å²) in [5.74, 6) is 1.59. The van der Waals surface area contributed by atoms with Gasteiger partial charge in [0.1, 0.15) is 11.6 Å². The van der Waals surface area contributed by atoms with E-state index in [2.05, 4.69) is 25.3 Å². The van der Waals surface area contributed by atoms with Gasteiger partial charge in [0.2, 0.25) is 11.9 Å². The lowest BCUT2D eigenvalue weighted by Crippen LogP contribution is -2.34. The Kier molecular flexibility index (Phi) is 4.36. The van der Waals surface area contributed by atoms with Crippen molar-refractivity contribution in [3.8, 4) is 0 Å². The third kappa shape index (κ3) is 3.42. The number of amides is 1. The highest BCUT2D eigenvalue weighted by molar-refractivity contribution is 5.78. The van der Waals surface area contributed by atoms with Crippen molar-refractivity contribution in [3.05, 3.63) is 23.5 Å². The van der Waals surface area contributed by atoms with Gasteiger partial charge in [0.25, 0.3) is 0 Å². The molecule has 4 rings (SSSR count). The summed E-state index contributed by atoms with van der Waals surface area (Å²) in [6.07, 6.45) is 4.33. The molecule has 3 heterocycles. The van der Waals surface area contributed by atoms with E-state index in [0.29, 0.717) is 18.9 Å². The lowest BCUT2D eigenvalue weighted by Gasteiger charge is -2.28. The molecule has 0 spiro atoms. The molecule has 0 atom stereocenters. The Hall–Kier alpha value is -2.84. The van der Waals surface area contributed by atoms with E-state index in [1.165, 1.54) is 0 Å². The highest BCUT2D eigenvalue weighted by Crippen LogP contribution is 2.25. The monoisotopic (exact) mass is 356 g/mol. The molecule has 0 unspecified atom stereocenters. The van der Waals surface area contributed by atoms with Crippen LogP contribution in [0.3, 0.4) is 0 Å². The van der Waals surface area contributed by atoms with Crippen molar-refractivity contribution >= 4 is 23.5 Å². The summed E-state index contributed by atoms with van der Waals surface area (Å²) < 4.78 is 1.99. The van der Waals surface area contributed by atoms with Crippen molar-refractivity contribution in [2.45, 2.75) is 45.3 Å². The number of hydrogen-bond acceptors (Lipinski definition) is 7. The maximum absolute atomic E-state index is 12.2. The van der Waals surface area contributed by atoms with E-state index in [9.17, 15) is 4.79 Å². The molecule has 26 heavy (non-hydrogen) atoms. The van der Waals surface area contributed by atoms with Gasteiger partial charge in [-0.3, -0.25) is 9.48 Å². The first-order valence-electron chi connectivity index (χ1n) is 9.07. The van der Waals surface area contributed by atoms with Crippen molar-refractivity contribution < 1.29 is 4.79 Å². The second kappa shape index (κ2) is 6.81. The minimum Gasteiger partial charge on any atom is -0.383 e. The molecule has 1 amide bonds. The first-order chi connectivity index (χ1) is 12.6. The van der Waals surface area contributed by atoms with Gasteiger partial charge in [-0.1, -0.05) is 12.8 Å². The van der Waals surface area contributed by atoms with E-state index < -0.39 is 0 Å². The summed E-state index contributed by atoms with van der Waals surface area (Å²) >= 11 is 0. The van der Waals surface area contributed by atoms with Gasteiger partial charge in [0.15, 0.2) is 0 Å². The quantitative estimate of drug-likeness (QED) is 0.734. The molecular weight excluding hydrogens is 332 g/mol. The Bertz CT molecular complexity index is 791. The van der Waals surface area contributed by atoms with Crippen LogP contribution in [0.1, 0.15) is 37.1 Å². The first kappa shape index (κ1) is 16.6. The van der Waals surface area contributed by atoms with Gasteiger partial charge in [-0.15, -0.1) is 0 Å². The second-order valence-electron chi connectivity index (χ2n) is 6.98. The van der Waals surface area contributed by atoms with E-state index in [0.717, 1.165) is 56.0 Å². The van der Waals surface area contributed by atoms with Gasteiger partial charge >= 0.3 is 0 Å². The van der Waals surface area contributed by atoms with Crippen LogP contribution in [0.25, 0.3) is 0 Å². The van der Waals surface area contributed by atoms with Crippen molar-refractivity contribution in [2.75, 3.05) is 22.9 Å². The summed E-state index contributed by atoms with van der Waals surface area (Å²) in [7, 11) is 0. The van der Waals surface area contributed by atoms with Crippen LogP contribution in [0, 0.1) is 5.92 Å². The highest BCUT2D eigenvalue weighted by atomic mass is 16.1. The van der Waals surface area contributed by atoms with Crippen LogP contribution in [0.4, 0.5) is 17.6 Å². The molecule has 0 radical (unpaired) electrons. The number of carbonyl (C=O) groups is 1. The average Bonchev–Trinajstić information content (AvgIpc) is 3.27. The topological polar surface area (TPSA) is 128 Å². The van der Waals surface area contributed by atoms with Crippen LogP contribution in [0.2, 0.25) is 0 Å². The number of nitrogens with one attached hydrogen (secondary N) is 1. The van der Waals surface area contributed by atoms with Crippen molar-refractivity contribution in [3.63, 3.8) is 0 Å². The molecule has 1 saturated carbocycles. The number of hydrogen-bond donors (Lipinski definition) is 3. The Labute approximate surface area is 151 Å². The highest BCUT2D eigenvalue weighted by Gasteiger charge is 2.23. The SMILES string of the molecule is Nc1cc(N2CCn3nc(CNC(=O)C4CCCC4)cc3C2)nc(N)n1. The molecule has 5 N–H and O–H groups in total. The molecule has 2 aliphatic rings. The number of aromatic nitrogens is 4. The first-order valence-corrected chi connectivity index (χ1v) is 9.07. The van der Waals surface area contributed by atoms with Gasteiger partial charge in [0, 0.05) is 18.5 Å². The van der Waals surface area contributed by atoms with E-state index in [-0.39, 0.29) is 17.8 Å². The number of carbonyl (C=O) groups excluding carboxylic acids is 1. The number of rotatable bonds is 4. The normalized spacial score (nSPS) is 17.3. The maximum atomic E-state index is 12.2. The molecular formula is C17H24N8O. The van der Waals surface area contributed by atoms with Crippen LogP contribution in [-0.2, 0) is 24.4 Å². The fraction of sp³-hybridized carbons (Fsp3) is 0.529. The number of nitrogens with two attached hydrogens (primary N) is 2. The zero-order valence-electron chi connectivity index (χ0n) is 14.7. The zero-order valence-corrected chi connectivity index (χ0v) is 14.7.